The van der Waals surface area contributed by atoms with Crippen molar-refractivity contribution < 1.29 is 14.6 Å². The Bertz CT molecular complexity index is 679. The van der Waals surface area contributed by atoms with Crippen LogP contribution in [0.15, 0.2) is 48.5 Å². The van der Waals surface area contributed by atoms with Gasteiger partial charge in [-0.25, -0.2) is 4.79 Å². The third kappa shape index (κ3) is 4.15. The highest BCUT2D eigenvalue weighted by atomic mass is 16.5. The molecule has 0 saturated carbocycles. The quantitative estimate of drug-likeness (QED) is 0.874. The fraction of sp³-hybridized carbons (Fsp3) is 0.350. The van der Waals surface area contributed by atoms with E-state index in [9.17, 15) is 9.90 Å². The Morgan fingerprint density at radius 3 is 2.50 bits per heavy atom. The monoisotopic (exact) mass is 325 g/mol. The molecule has 4 heteroatoms. The molecule has 0 unspecified atom stereocenters. The van der Waals surface area contributed by atoms with Gasteiger partial charge in [-0.15, -0.1) is 0 Å². The Kier molecular flexibility index (Phi) is 5.49. The Balaban J connectivity index is 1.75. The number of piperidine rings is 1. The molecule has 2 aromatic rings. The molecule has 1 saturated heterocycles. The molecule has 0 aromatic heterocycles. The van der Waals surface area contributed by atoms with E-state index in [1.807, 2.05) is 36.4 Å². The van der Waals surface area contributed by atoms with Crippen LogP contribution in [0.2, 0.25) is 0 Å². The number of nitrogens with zero attached hydrogens (tertiary/aromatic N) is 1. The lowest BCUT2D eigenvalue weighted by molar-refractivity contribution is 0.0696. The Morgan fingerprint density at radius 2 is 1.79 bits per heavy atom. The molecule has 1 aliphatic rings. The normalized spacial score (nSPS) is 15.2. The summed E-state index contributed by atoms with van der Waals surface area (Å²) >= 11 is 0. The molecule has 24 heavy (non-hydrogen) atoms. The summed E-state index contributed by atoms with van der Waals surface area (Å²) in [5.41, 5.74) is 2.21. The van der Waals surface area contributed by atoms with Crippen LogP contribution in [0.5, 0.6) is 5.75 Å². The molecule has 2 aromatic carbocycles. The minimum absolute atomic E-state index is 0.252. The van der Waals surface area contributed by atoms with Crippen LogP contribution in [0.4, 0.5) is 0 Å². The minimum atomic E-state index is -0.935. The Hall–Kier alpha value is -2.33. The first kappa shape index (κ1) is 16.5. The molecule has 126 valence electrons. The molecule has 0 atom stereocenters. The SMILES string of the molecule is O=C(O)c1ccc(-c2ccccc2)c(OCCN2CCCCC2)c1. The van der Waals surface area contributed by atoms with Gasteiger partial charge in [-0.3, -0.25) is 4.90 Å². The Morgan fingerprint density at radius 1 is 1.04 bits per heavy atom. The number of carboxylic acid groups (broad SMARTS) is 1. The molecule has 0 bridgehead atoms. The van der Waals surface area contributed by atoms with Gasteiger partial charge < -0.3 is 9.84 Å². The van der Waals surface area contributed by atoms with Crippen LogP contribution < -0.4 is 4.74 Å². The molecular weight excluding hydrogens is 302 g/mol. The number of benzene rings is 2. The number of aromatic carboxylic acids is 1. The highest BCUT2D eigenvalue weighted by molar-refractivity contribution is 5.89. The summed E-state index contributed by atoms with van der Waals surface area (Å²) in [6, 6.07) is 15.0. The number of carbonyl (C=O) groups is 1. The maximum atomic E-state index is 11.3. The van der Waals surface area contributed by atoms with Crippen molar-refractivity contribution in [1.82, 2.24) is 4.90 Å². The number of hydrogen-bond acceptors (Lipinski definition) is 3. The fourth-order valence-electron chi connectivity index (χ4n) is 3.10. The van der Waals surface area contributed by atoms with E-state index in [2.05, 4.69) is 4.90 Å². The highest BCUT2D eigenvalue weighted by Gasteiger charge is 2.13. The van der Waals surface area contributed by atoms with Crippen LogP contribution in [0.25, 0.3) is 11.1 Å². The number of hydrogen-bond donors (Lipinski definition) is 1. The standard InChI is InChI=1S/C20H23NO3/c22-20(23)17-9-10-18(16-7-3-1-4-8-16)19(15-17)24-14-13-21-11-5-2-6-12-21/h1,3-4,7-10,15H,2,5-6,11-14H2,(H,22,23). The van der Waals surface area contributed by atoms with E-state index in [-0.39, 0.29) is 5.56 Å². The summed E-state index contributed by atoms with van der Waals surface area (Å²) < 4.78 is 5.98. The minimum Gasteiger partial charge on any atom is -0.492 e. The first-order valence-electron chi connectivity index (χ1n) is 8.52. The first-order chi connectivity index (χ1) is 11.7. The number of ether oxygens (including phenoxy) is 1. The summed E-state index contributed by atoms with van der Waals surface area (Å²) in [6.45, 7) is 3.71. The molecule has 1 fully saturated rings. The zero-order valence-electron chi connectivity index (χ0n) is 13.8. The molecule has 1 aliphatic heterocycles. The van der Waals surface area contributed by atoms with Gasteiger partial charge in [0.1, 0.15) is 12.4 Å². The van der Waals surface area contributed by atoms with Crippen molar-refractivity contribution in [2.45, 2.75) is 19.3 Å². The van der Waals surface area contributed by atoms with E-state index in [1.165, 1.54) is 19.3 Å². The predicted molar refractivity (Wildman–Crippen MR) is 94.6 cm³/mol. The van der Waals surface area contributed by atoms with Gasteiger partial charge in [0.2, 0.25) is 0 Å². The summed E-state index contributed by atoms with van der Waals surface area (Å²) in [7, 11) is 0. The average molecular weight is 325 g/mol. The van der Waals surface area contributed by atoms with E-state index in [1.54, 1.807) is 12.1 Å². The lowest BCUT2D eigenvalue weighted by atomic mass is 10.0. The van der Waals surface area contributed by atoms with E-state index in [0.717, 1.165) is 30.8 Å². The largest absolute Gasteiger partial charge is 0.492 e. The first-order valence-corrected chi connectivity index (χ1v) is 8.52. The molecular formula is C20H23NO3. The molecule has 0 spiro atoms. The van der Waals surface area contributed by atoms with E-state index >= 15 is 0 Å². The molecule has 0 aliphatic carbocycles. The van der Waals surface area contributed by atoms with Crippen molar-refractivity contribution in [1.29, 1.82) is 0 Å². The van der Waals surface area contributed by atoms with Gasteiger partial charge in [0.25, 0.3) is 0 Å². The summed E-state index contributed by atoms with van der Waals surface area (Å²) in [5, 5.41) is 9.24. The van der Waals surface area contributed by atoms with Crippen molar-refractivity contribution in [3.8, 4) is 16.9 Å². The topological polar surface area (TPSA) is 49.8 Å². The van der Waals surface area contributed by atoms with Gasteiger partial charge in [0.15, 0.2) is 0 Å². The summed E-state index contributed by atoms with van der Waals surface area (Å²) in [6.07, 6.45) is 3.82. The highest BCUT2D eigenvalue weighted by Crippen LogP contribution is 2.31. The maximum absolute atomic E-state index is 11.3. The molecule has 0 amide bonds. The molecule has 0 radical (unpaired) electrons. The second-order valence-corrected chi connectivity index (χ2v) is 6.13. The molecule has 4 nitrogen and oxygen atoms in total. The molecule has 1 heterocycles. The molecule has 1 N–H and O–H groups in total. The number of rotatable bonds is 6. The van der Waals surface area contributed by atoms with Gasteiger partial charge in [-0.2, -0.15) is 0 Å². The van der Waals surface area contributed by atoms with Gasteiger partial charge in [0, 0.05) is 12.1 Å². The zero-order valence-corrected chi connectivity index (χ0v) is 13.8. The second-order valence-electron chi connectivity index (χ2n) is 6.13. The van der Waals surface area contributed by atoms with E-state index in [4.69, 9.17) is 4.74 Å². The number of carboxylic acids is 1. The van der Waals surface area contributed by atoms with Crippen LogP contribution >= 0.6 is 0 Å². The van der Waals surface area contributed by atoms with Crippen molar-refractivity contribution in [2.75, 3.05) is 26.2 Å². The van der Waals surface area contributed by atoms with Crippen LogP contribution in [-0.2, 0) is 0 Å². The smallest absolute Gasteiger partial charge is 0.335 e. The average Bonchev–Trinajstić information content (AvgIpc) is 2.63. The third-order valence-corrected chi connectivity index (χ3v) is 4.43. The maximum Gasteiger partial charge on any atom is 0.335 e. The zero-order chi connectivity index (χ0) is 16.8. The van der Waals surface area contributed by atoms with Crippen LogP contribution in [0.3, 0.4) is 0 Å². The van der Waals surface area contributed by atoms with Crippen molar-refractivity contribution >= 4 is 5.97 Å². The van der Waals surface area contributed by atoms with Crippen LogP contribution in [-0.4, -0.2) is 42.2 Å². The van der Waals surface area contributed by atoms with Gasteiger partial charge in [-0.1, -0.05) is 36.8 Å². The van der Waals surface area contributed by atoms with Gasteiger partial charge in [0.05, 0.1) is 5.56 Å². The number of likely N-dealkylation sites (tertiary alicyclic amines) is 1. The lowest BCUT2D eigenvalue weighted by Crippen LogP contribution is -2.33. The van der Waals surface area contributed by atoms with Gasteiger partial charge in [-0.05, 0) is 49.7 Å². The Labute approximate surface area is 142 Å². The summed E-state index contributed by atoms with van der Waals surface area (Å²) in [4.78, 5) is 13.7. The van der Waals surface area contributed by atoms with Crippen molar-refractivity contribution in [3.63, 3.8) is 0 Å². The second kappa shape index (κ2) is 7.97. The fourth-order valence-corrected chi connectivity index (χ4v) is 3.10. The predicted octanol–water partition coefficient (Wildman–Crippen LogP) is 3.92. The van der Waals surface area contributed by atoms with Crippen LogP contribution in [0.1, 0.15) is 29.6 Å². The van der Waals surface area contributed by atoms with Crippen LogP contribution in [0, 0.1) is 0 Å². The summed E-state index contributed by atoms with van der Waals surface area (Å²) in [5.74, 6) is -0.298. The molecule has 3 rings (SSSR count). The van der Waals surface area contributed by atoms with E-state index < -0.39 is 5.97 Å². The third-order valence-electron chi connectivity index (χ3n) is 4.43. The van der Waals surface area contributed by atoms with Gasteiger partial charge >= 0.3 is 5.97 Å². The van der Waals surface area contributed by atoms with Crippen molar-refractivity contribution in [2.24, 2.45) is 0 Å². The lowest BCUT2D eigenvalue weighted by Gasteiger charge is -2.26. The van der Waals surface area contributed by atoms with Crippen molar-refractivity contribution in [3.05, 3.63) is 54.1 Å². The van der Waals surface area contributed by atoms with E-state index in [0.29, 0.717) is 12.4 Å².